The first-order chi connectivity index (χ1) is 16.5. The molecular weight excluding hydrogens is 461 g/mol. The highest BCUT2D eigenvalue weighted by Crippen LogP contribution is 2.39. The molecular formula is C24H27ClFN5O3. The van der Waals surface area contributed by atoms with E-state index < -0.39 is 5.82 Å². The van der Waals surface area contributed by atoms with Gasteiger partial charge in [0.1, 0.15) is 24.1 Å². The summed E-state index contributed by atoms with van der Waals surface area (Å²) in [5, 5.41) is 2.79. The molecule has 0 radical (unpaired) electrons. The van der Waals surface area contributed by atoms with Crippen molar-refractivity contribution in [1.82, 2.24) is 4.90 Å². The molecule has 1 saturated heterocycles. The number of aliphatic imine (C=N–C) groups is 1. The van der Waals surface area contributed by atoms with Gasteiger partial charge in [0.25, 0.3) is 0 Å². The highest BCUT2D eigenvalue weighted by molar-refractivity contribution is 6.31. The number of hydrogen-bond donors (Lipinski definition) is 2. The van der Waals surface area contributed by atoms with E-state index in [-0.39, 0.29) is 17.6 Å². The Labute approximate surface area is 202 Å². The number of nitrogens with zero attached hydrogens (tertiary/aromatic N) is 3. The Balaban J connectivity index is 1.60. The minimum absolute atomic E-state index is 0.0102. The summed E-state index contributed by atoms with van der Waals surface area (Å²) >= 11 is 6.01. The SMILES string of the molecule is C=CC(=O)Nc1cc2c(cc1OCCCN1CCOCC1)N(c1ccc(F)c(Cl)c1)CN=C2N. The van der Waals surface area contributed by atoms with Crippen molar-refractivity contribution < 1.29 is 18.7 Å². The fraction of sp³-hybridized carbons (Fsp3) is 0.333. The van der Waals surface area contributed by atoms with Crippen molar-refractivity contribution in [3.63, 3.8) is 0 Å². The summed E-state index contributed by atoms with van der Waals surface area (Å²) in [5.41, 5.74) is 8.63. The van der Waals surface area contributed by atoms with E-state index in [2.05, 4.69) is 21.8 Å². The van der Waals surface area contributed by atoms with E-state index in [9.17, 15) is 9.18 Å². The number of carbonyl (C=O) groups excluding carboxylic acids is 1. The van der Waals surface area contributed by atoms with Crippen LogP contribution >= 0.6 is 11.6 Å². The number of fused-ring (bicyclic) bond motifs is 1. The van der Waals surface area contributed by atoms with Gasteiger partial charge in [-0.25, -0.2) is 9.38 Å². The largest absolute Gasteiger partial charge is 0.491 e. The van der Waals surface area contributed by atoms with Crippen LogP contribution in [0.3, 0.4) is 0 Å². The number of halogens is 2. The van der Waals surface area contributed by atoms with Gasteiger partial charge in [-0.2, -0.15) is 0 Å². The van der Waals surface area contributed by atoms with Gasteiger partial charge in [0, 0.05) is 37.0 Å². The van der Waals surface area contributed by atoms with Gasteiger partial charge >= 0.3 is 0 Å². The van der Waals surface area contributed by atoms with Crippen LogP contribution in [0.15, 0.2) is 48.0 Å². The predicted octanol–water partition coefficient (Wildman–Crippen LogP) is 3.52. The van der Waals surface area contributed by atoms with Crippen LogP contribution < -0.4 is 20.7 Å². The van der Waals surface area contributed by atoms with E-state index >= 15 is 0 Å². The van der Waals surface area contributed by atoms with Gasteiger partial charge < -0.3 is 25.4 Å². The second kappa shape index (κ2) is 10.9. The molecule has 10 heteroatoms. The molecule has 2 aliphatic heterocycles. The van der Waals surface area contributed by atoms with E-state index in [1.807, 2.05) is 11.0 Å². The number of nitrogens with one attached hydrogen (secondary N) is 1. The molecule has 0 unspecified atom stereocenters. The third kappa shape index (κ3) is 5.49. The van der Waals surface area contributed by atoms with Crippen LogP contribution in [0.4, 0.5) is 21.5 Å². The first kappa shape index (κ1) is 24.0. The smallest absolute Gasteiger partial charge is 0.247 e. The van der Waals surface area contributed by atoms with Crippen molar-refractivity contribution >= 4 is 40.4 Å². The molecule has 0 saturated carbocycles. The zero-order valence-electron chi connectivity index (χ0n) is 18.7. The third-order valence-corrected chi connectivity index (χ3v) is 5.97. The number of carbonyl (C=O) groups is 1. The number of amides is 1. The van der Waals surface area contributed by atoms with E-state index in [0.717, 1.165) is 45.0 Å². The second-order valence-corrected chi connectivity index (χ2v) is 8.33. The molecule has 180 valence electrons. The standard InChI is InChI=1S/C24H27ClFN5O3/c1-2-23(32)29-20-13-17-21(14-22(20)34-9-3-6-30-7-10-33-11-8-30)31(15-28-24(17)27)16-4-5-19(26)18(25)12-16/h2,4-5,12-14H,1,3,6-11,15H2,(H2,27,28)(H,29,32). The van der Waals surface area contributed by atoms with Gasteiger partial charge in [0.05, 0.1) is 36.2 Å². The molecule has 34 heavy (non-hydrogen) atoms. The summed E-state index contributed by atoms with van der Waals surface area (Å²) in [6.45, 7) is 8.41. The molecule has 8 nitrogen and oxygen atoms in total. The highest BCUT2D eigenvalue weighted by Gasteiger charge is 2.24. The van der Waals surface area contributed by atoms with Crippen molar-refractivity contribution in [1.29, 1.82) is 0 Å². The summed E-state index contributed by atoms with van der Waals surface area (Å²) in [5.74, 6) is -0.0553. The number of nitrogens with two attached hydrogens (primary N) is 1. The molecule has 0 aromatic heterocycles. The molecule has 1 fully saturated rings. The number of amidine groups is 1. The van der Waals surface area contributed by atoms with Crippen LogP contribution in [0.2, 0.25) is 5.02 Å². The Morgan fingerprint density at radius 2 is 2.12 bits per heavy atom. The highest BCUT2D eigenvalue weighted by atomic mass is 35.5. The van der Waals surface area contributed by atoms with Crippen molar-refractivity contribution in [2.75, 3.05) is 56.3 Å². The van der Waals surface area contributed by atoms with Gasteiger partial charge in [-0.1, -0.05) is 18.2 Å². The van der Waals surface area contributed by atoms with Gasteiger partial charge in [0.15, 0.2) is 0 Å². The number of benzene rings is 2. The molecule has 0 atom stereocenters. The lowest BCUT2D eigenvalue weighted by molar-refractivity contribution is -0.111. The summed E-state index contributed by atoms with van der Waals surface area (Å²) in [6, 6.07) is 8.00. The van der Waals surface area contributed by atoms with Gasteiger partial charge in [-0.3, -0.25) is 9.69 Å². The van der Waals surface area contributed by atoms with Crippen LogP contribution in [0.25, 0.3) is 0 Å². The van der Waals surface area contributed by atoms with E-state index in [4.69, 9.17) is 26.8 Å². The maximum atomic E-state index is 13.7. The Bertz CT molecular complexity index is 1100. The van der Waals surface area contributed by atoms with Crippen LogP contribution in [0.1, 0.15) is 12.0 Å². The maximum Gasteiger partial charge on any atom is 0.247 e. The van der Waals surface area contributed by atoms with Gasteiger partial charge in [-0.05, 0) is 36.8 Å². The number of morpholine rings is 1. The van der Waals surface area contributed by atoms with Crippen molar-refractivity contribution in [3.05, 3.63) is 59.4 Å². The molecule has 0 bridgehead atoms. The Kier molecular flexibility index (Phi) is 7.66. The zero-order chi connectivity index (χ0) is 24.1. The van der Waals surface area contributed by atoms with Gasteiger partial charge in [0.2, 0.25) is 5.91 Å². The molecule has 2 heterocycles. The summed E-state index contributed by atoms with van der Waals surface area (Å²) in [4.78, 5) is 20.6. The summed E-state index contributed by atoms with van der Waals surface area (Å²) in [7, 11) is 0. The number of hydrogen-bond acceptors (Lipinski definition) is 7. The Morgan fingerprint density at radius 1 is 1.32 bits per heavy atom. The molecule has 0 aliphatic carbocycles. The Hall–Kier alpha value is -3.14. The van der Waals surface area contributed by atoms with Crippen molar-refractivity contribution in [2.24, 2.45) is 10.7 Å². The van der Waals surface area contributed by atoms with E-state index in [0.29, 0.717) is 35.1 Å². The fourth-order valence-corrected chi connectivity index (χ4v) is 4.05. The van der Waals surface area contributed by atoms with Crippen LogP contribution in [0.5, 0.6) is 5.75 Å². The second-order valence-electron chi connectivity index (χ2n) is 7.93. The maximum absolute atomic E-state index is 13.7. The monoisotopic (exact) mass is 487 g/mol. The minimum atomic E-state index is -0.502. The molecule has 2 aromatic rings. The Morgan fingerprint density at radius 3 is 2.85 bits per heavy atom. The number of ether oxygens (including phenoxy) is 2. The van der Waals surface area contributed by atoms with E-state index in [1.165, 1.54) is 18.2 Å². The normalized spacial score (nSPS) is 15.9. The fourth-order valence-electron chi connectivity index (χ4n) is 3.88. The topological polar surface area (TPSA) is 92.4 Å². The molecule has 2 aromatic carbocycles. The van der Waals surface area contributed by atoms with Crippen molar-refractivity contribution in [3.8, 4) is 5.75 Å². The van der Waals surface area contributed by atoms with Gasteiger partial charge in [-0.15, -0.1) is 0 Å². The predicted molar refractivity (Wildman–Crippen MR) is 132 cm³/mol. The lowest BCUT2D eigenvalue weighted by Crippen LogP contribution is -2.37. The number of anilines is 3. The molecule has 2 aliphatic rings. The van der Waals surface area contributed by atoms with E-state index in [1.54, 1.807) is 12.1 Å². The van der Waals surface area contributed by atoms with Crippen LogP contribution in [0, 0.1) is 5.82 Å². The quantitative estimate of drug-likeness (QED) is 0.437. The lowest BCUT2D eigenvalue weighted by Gasteiger charge is -2.30. The lowest BCUT2D eigenvalue weighted by atomic mass is 10.1. The molecule has 0 spiro atoms. The summed E-state index contributed by atoms with van der Waals surface area (Å²) in [6.07, 6.45) is 2.00. The molecule has 1 amide bonds. The van der Waals surface area contributed by atoms with Crippen LogP contribution in [-0.4, -0.2) is 62.8 Å². The first-order valence-corrected chi connectivity index (χ1v) is 11.4. The van der Waals surface area contributed by atoms with Crippen molar-refractivity contribution in [2.45, 2.75) is 6.42 Å². The third-order valence-electron chi connectivity index (χ3n) is 5.69. The minimum Gasteiger partial charge on any atom is -0.491 e. The zero-order valence-corrected chi connectivity index (χ0v) is 19.5. The average molecular weight is 488 g/mol. The molecule has 3 N–H and O–H groups in total. The number of rotatable bonds is 8. The first-order valence-electron chi connectivity index (χ1n) is 11.0. The van der Waals surface area contributed by atoms with Crippen LogP contribution in [-0.2, 0) is 9.53 Å². The average Bonchev–Trinajstić information content (AvgIpc) is 2.85. The molecule has 4 rings (SSSR count). The summed E-state index contributed by atoms with van der Waals surface area (Å²) < 4.78 is 25.2.